The van der Waals surface area contributed by atoms with E-state index < -0.39 is 17.9 Å². The van der Waals surface area contributed by atoms with Crippen LogP contribution in [0.3, 0.4) is 0 Å². The first-order chi connectivity index (χ1) is 11.5. The first-order valence-electron chi connectivity index (χ1n) is 8.36. The van der Waals surface area contributed by atoms with Crippen molar-refractivity contribution >= 4 is 17.8 Å². The summed E-state index contributed by atoms with van der Waals surface area (Å²) >= 11 is 0. The SMILES string of the molecule is C[C@@H]1CN(C(=O)C2CCCN2C(=O)c2ccccc2)C[C@H]1C(=O)O. The predicted molar refractivity (Wildman–Crippen MR) is 87.4 cm³/mol. The van der Waals surface area contributed by atoms with Gasteiger partial charge in [0.25, 0.3) is 5.91 Å². The average molecular weight is 330 g/mol. The molecular formula is C18H22N2O4. The molecule has 3 rings (SSSR count). The summed E-state index contributed by atoms with van der Waals surface area (Å²) in [6.07, 6.45) is 1.43. The summed E-state index contributed by atoms with van der Waals surface area (Å²) in [5, 5.41) is 9.23. The fourth-order valence-corrected chi connectivity index (χ4v) is 3.69. The number of aliphatic carboxylic acids is 1. The largest absolute Gasteiger partial charge is 0.481 e. The molecule has 2 saturated heterocycles. The zero-order chi connectivity index (χ0) is 17.3. The fraction of sp³-hybridized carbons (Fsp3) is 0.500. The van der Waals surface area contributed by atoms with E-state index in [1.807, 2.05) is 13.0 Å². The number of carbonyl (C=O) groups is 3. The van der Waals surface area contributed by atoms with E-state index in [2.05, 4.69) is 0 Å². The van der Waals surface area contributed by atoms with Crippen LogP contribution < -0.4 is 0 Å². The van der Waals surface area contributed by atoms with E-state index in [0.29, 0.717) is 25.1 Å². The van der Waals surface area contributed by atoms with E-state index in [0.717, 1.165) is 6.42 Å². The Morgan fingerprint density at radius 2 is 1.83 bits per heavy atom. The Balaban J connectivity index is 1.73. The van der Waals surface area contributed by atoms with E-state index in [9.17, 15) is 19.5 Å². The number of carbonyl (C=O) groups excluding carboxylic acids is 2. The molecule has 0 spiro atoms. The Labute approximate surface area is 141 Å². The maximum absolute atomic E-state index is 12.8. The smallest absolute Gasteiger partial charge is 0.308 e. The molecule has 1 aromatic carbocycles. The molecule has 128 valence electrons. The van der Waals surface area contributed by atoms with Gasteiger partial charge in [-0.05, 0) is 30.9 Å². The molecule has 0 aromatic heterocycles. The standard InChI is InChI=1S/C18H22N2O4/c1-12-10-19(11-14(12)18(23)24)17(22)15-8-5-9-20(15)16(21)13-6-3-2-4-7-13/h2-4,6-7,12,14-15H,5,8-11H2,1H3,(H,23,24)/t12-,14-,15?/m1/s1. The number of likely N-dealkylation sites (tertiary alicyclic amines) is 2. The number of carboxylic acids is 1. The summed E-state index contributed by atoms with van der Waals surface area (Å²) in [7, 11) is 0. The van der Waals surface area contributed by atoms with Crippen molar-refractivity contribution in [1.82, 2.24) is 9.80 Å². The third-order valence-electron chi connectivity index (χ3n) is 5.06. The zero-order valence-electron chi connectivity index (χ0n) is 13.7. The van der Waals surface area contributed by atoms with Gasteiger partial charge >= 0.3 is 5.97 Å². The van der Waals surface area contributed by atoms with Crippen LogP contribution in [0.2, 0.25) is 0 Å². The highest BCUT2D eigenvalue weighted by Gasteiger charge is 2.42. The van der Waals surface area contributed by atoms with Crippen molar-refractivity contribution in [2.24, 2.45) is 11.8 Å². The summed E-state index contributed by atoms with van der Waals surface area (Å²) in [6, 6.07) is 8.49. The summed E-state index contributed by atoms with van der Waals surface area (Å²) < 4.78 is 0. The van der Waals surface area contributed by atoms with Crippen molar-refractivity contribution in [3.63, 3.8) is 0 Å². The Bertz CT molecular complexity index is 646. The summed E-state index contributed by atoms with van der Waals surface area (Å²) in [6.45, 7) is 3.10. The van der Waals surface area contributed by atoms with Gasteiger partial charge in [-0.15, -0.1) is 0 Å². The number of nitrogens with zero attached hydrogens (tertiary/aromatic N) is 2. The first-order valence-corrected chi connectivity index (χ1v) is 8.36. The topological polar surface area (TPSA) is 77.9 Å². The third kappa shape index (κ3) is 3.00. The molecule has 2 fully saturated rings. The van der Waals surface area contributed by atoms with Crippen molar-refractivity contribution in [1.29, 1.82) is 0 Å². The van der Waals surface area contributed by atoms with Crippen LogP contribution in [0, 0.1) is 11.8 Å². The van der Waals surface area contributed by atoms with Gasteiger partial charge in [0.15, 0.2) is 0 Å². The number of hydrogen-bond donors (Lipinski definition) is 1. The molecule has 3 atom stereocenters. The van der Waals surface area contributed by atoms with Gasteiger partial charge in [0, 0.05) is 25.2 Å². The lowest BCUT2D eigenvalue weighted by Gasteiger charge is -2.28. The number of hydrogen-bond acceptors (Lipinski definition) is 3. The fourth-order valence-electron chi connectivity index (χ4n) is 3.69. The number of amides is 2. The molecule has 2 aliphatic rings. The quantitative estimate of drug-likeness (QED) is 0.910. The van der Waals surface area contributed by atoms with Crippen molar-refractivity contribution in [2.45, 2.75) is 25.8 Å². The van der Waals surface area contributed by atoms with Gasteiger partial charge in [-0.25, -0.2) is 0 Å². The van der Waals surface area contributed by atoms with Gasteiger partial charge < -0.3 is 14.9 Å². The Hall–Kier alpha value is -2.37. The van der Waals surface area contributed by atoms with Crippen molar-refractivity contribution < 1.29 is 19.5 Å². The minimum absolute atomic E-state index is 0.0638. The first kappa shape index (κ1) is 16.5. The number of rotatable bonds is 3. The van der Waals surface area contributed by atoms with Crippen LogP contribution in [0.25, 0.3) is 0 Å². The van der Waals surface area contributed by atoms with E-state index in [1.54, 1.807) is 34.1 Å². The molecule has 0 radical (unpaired) electrons. The van der Waals surface area contributed by atoms with E-state index in [4.69, 9.17) is 0 Å². The van der Waals surface area contributed by atoms with Crippen molar-refractivity contribution in [3.8, 4) is 0 Å². The highest BCUT2D eigenvalue weighted by molar-refractivity contribution is 5.98. The van der Waals surface area contributed by atoms with Gasteiger partial charge in [-0.3, -0.25) is 14.4 Å². The molecule has 0 saturated carbocycles. The lowest BCUT2D eigenvalue weighted by atomic mass is 9.99. The summed E-state index contributed by atoms with van der Waals surface area (Å²) in [4.78, 5) is 40.0. The lowest BCUT2D eigenvalue weighted by molar-refractivity contribution is -0.142. The Morgan fingerprint density at radius 1 is 1.12 bits per heavy atom. The number of benzene rings is 1. The minimum atomic E-state index is -0.860. The molecule has 0 bridgehead atoms. The monoisotopic (exact) mass is 330 g/mol. The Morgan fingerprint density at radius 3 is 2.46 bits per heavy atom. The van der Waals surface area contributed by atoms with E-state index in [-0.39, 0.29) is 24.3 Å². The summed E-state index contributed by atoms with van der Waals surface area (Å²) in [5.41, 5.74) is 0.579. The average Bonchev–Trinajstić information content (AvgIpc) is 3.21. The molecule has 1 N–H and O–H groups in total. The van der Waals surface area contributed by atoms with Crippen LogP contribution >= 0.6 is 0 Å². The van der Waals surface area contributed by atoms with Crippen molar-refractivity contribution in [3.05, 3.63) is 35.9 Å². The lowest BCUT2D eigenvalue weighted by Crippen LogP contribution is -2.47. The second kappa shape index (κ2) is 6.63. The molecule has 24 heavy (non-hydrogen) atoms. The zero-order valence-corrected chi connectivity index (χ0v) is 13.7. The van der Waals surface area contributed by atoms with Gasteiger partial charge in [-0.1, -0.05) is 25.1 Å². The highest BCUT2D eigenvalue weighted by Crippen LogP contribution is 2.28. The van der Waals surface area contributed by atoms with Crippen LogP contribution in [0.15, 0.2) is 30.3 Å². The van der Waals surface area contributed by atoms with Crippen LogP contribution in [-0.4, -0.2) is 58.4 Å². The molecule has 6 heteroatoms. The molecule has 1 unspecified atom stereocenters. The number of carboxylic acid groups (broad SMARTS) is 1. The normalized spacial score (nSPS) is 26.6. The minimum Gasteiger partial charge on any atom is -0.481 e. The van der Waals surface area contributed by atoms with E-state index in [1.165, 1.54) is 0 Å². The molecule has 6 nitrogen and oxygen atoms in total. The molecule has 2 heterocycles. The maximum Gasteiger partial charge on any atom is 0.308 e. The molecule has 2 aliphatic heterocycles. The van der Waals surface area contributed by atoms with Crippen LogP contribution in [0.1, 0.15) is 30.1 Å². The van der Waals surface area contributed by atoms with Crippen LogP contribution in [0.5, 0.6) is 0 Å². The van der Waals surface area contributed by atoms with E-state index >= 15 is 0 Å². The highest BCUT2D eigenvalue weighted by atomic mass is 16.4. The molecule has 2 amide bonds. The Kier molecular flexibility index (Phi) is 4.55. The van der Waals surface area contributed by atoms with Gasteiger partial charge in [0.05, 0.1) is 5.92 Å². The summed E-state index contributed by atoms with van der Waals surface area (Å²) in [5.74, 6) is -1.69. The third-order valence-corrected chi connectivity index (χ3v) is 5.06. The molecule has 0 aliphatic carbocycles. The molecular weight excluding hydrogens is 308 g/mol. The van der Waals surface area contributed by atoms with Gasteiger partial charge in [-0.2, -0.15) is 0 Å². The van der Waals surface area contributed by atoms with Gasteiger partial charge in [0.1, 0.15) is 6.04 Å². The molecule has 1 aromatic rings. The van der Waals surface area contributed by atoms with Crippen molar-refractivity contribution in [2.75, 3.05) is 19.6 Å². The van der Waals surface area contributed by atoms with Crippen LogP contribution in [-0.2, 0) is 9.59 Å². The van der Waals surface area contributed by atoms with Crippen LogP contribution in [0.4, 0.5) is 0 Å². The second-order valence-electron chi connectivity index (χ2n) is 6.69. The maximum atomic E-state index is 12.8. The predicted octanol–water partition coefficient (Wildman–Crippen LogP) is 1.47. The van der Waals surface area contributed by atoms with Gasteiger partial charge in [0.2, 0.25) is 5.91 Å². The second-order valence-corrected chi connectivity index (χ2v) is 6.69.